The average Bonchev–Trinajstić information content (AvgIpc) is 2.68. The van der Waals surface area contributed by atoms with Crippen molar-refractivity contribution in [3.05, 3.63) is 53.7 Å². The van der Waals surface area contributed by atoms with E-state index in [4.69, 9.17) is 4.42 Å². The van der Waals surface area contributed by atoms with E-state index in [-0.39, 0.29) is 5.78 Å². The van der Waals surface area contributed by atoms with Gasteiger partial charge >= 0.3 is 0 Å². The quantitative estimate of drug-likeness (QED) is 0.716. The summed E-state index contributed by atoms with van der Waals surface area (Å²) in [4.78, 5) is 15.2. The summed E-state index contributed by atoms with van der Waals surface area (Å²) >= 11 is 0. The number of aromatic nitrogens is 1. The van der Waals surface area contributed by atoms with Crippen LogP contribution in [-0.4, -0.2) is 10.8 Å². The molecule has 0 aromatic carbocycles. The summed E-state index contributed by atoms with van der Waals surface area (Å²) in [6, 6.07) is 9.23. The third-order valence-corrected chi connectivity index (χ3v) is 2.09. The van der Waals surface area contributed by atoms with Gasteiger partial charge in [-0.3, -0.25) is 9.78 Å². The second-order valence-corrected chi connectivity index (χ2v) is 3.32. The van der Waals surface area contributed by atoms with Crippen molar-refractivity contribution < 1.29 is 9.21 Å². The number of nitrogens with zero attached hydrogens (tertiary/aromatic N) is 1. The van der Waals surface area contributed by atoms with E-state index in [0.717, 1.165) is 11.5 Å². The number of rotatable bonds is 3. The van der Waals surface area contributed by atoms with E-state index in [0.29, 0.717) is 12.2 Å². The van der Waals surface area contributed by atoms with Crippen molar-refractivity contribution in [2.75, 3.05) is 0 Å². The zero-order valence-corrected chi connectivity index (χ0v) is 8.43. The van der Waals surface area contributed by atoms with Crippen molar-refractivity contribution in [1.82, 2.24) is 4.98 Å². The molecule has 2 aromatic heterocycles. The molecule has 0 saturated carbocycles. The van der Waals surface area contributed by atoms with Gasteiger partial charge in [0.15, 0.2) is 11.5 Å². The third-order valence-electron chi connectivity index (χ3n) is 2.09. The Balaban J connectivity index is 2.15. The standard InChI is InChI=1S/C12H11NO2/c1-9(14)12-6-5-11(15-12)8-10-4-2-3-7-13-10/h2-7H,8H2,1H3. The van der Waals surface area contributed by atoms with Crippen molar-refractivity contribution in [3.8, 4) is 0 Å². The van der Waals surface area contributed by atoms with E-state index in [9.17, 15) is 4.79 Å². The van der Waals surface area contributed by atoms with Crippen LogP contribution in [0.15, 0.2) is 40.9 Å². The molecule has 0 spiro atoms. The number of carbonyl (C=O) groups is 1. The molecule has 0 unspecified atom stereocenters. The monoisotopic (exact) mass is 201 g/mol. The highest BCUT2D eigenvalue weighted by Gasteiger charge is 2.06. The maximum absolute atomic E-state index is 11.0. The van der Waals surface area contributed by atoms with Crippen LogP contribution in [-0.2, 0) is 6.42 Å². The second-order valence-electron chi connectivity index (χ2n) is 3.32. The molecule has 0 fully saturated rings. The number of Topliss-reactive ketones (excluding diaryl/α,β-unsaturated/α-hetero) is 1. The molecule has 0 amide bonds. The zero-order chi connectivity index (χ0) is 10.7. The fourth-order valence-corrected chi connectivity index (χ4v) is 1.34. The molecular weight excluding hydrogens is 190 g/mol. The van der Waals surface area contributed by atoms with E-state index in [2.05, 4.69) is 4.98 Å². The van der Waals surface area contributed by atoms with Gasteiger partial charge in [0.1, 0.15) is 5.76 Å². The molecule has 3 nitrogen and oxygen atoms in total. The highest BCUT2D eigenvalue weighted by atomic mass is 16.3. The molecular formula is C12H11NO2. The van der Waals surface area contributed by atoms with Crippen molar-refractivity contribution in [1.29, 1.82) is 0 Å². The van der Waals surface area contributed by atoms with Gasteiger partial charge in [0, 0.05) is 25.2 Å². The van der Waals surface area contributed by atoms with Crippen LogP contribution >= 0.6 is 0 Å². The normalized spacial score (nSPS) is 10.2. The number of hydrogen-bond acceptors (Lipinski definition) is 3. The first kappa shape index (κ1) is 9.65. The summed E-state index contributed by atoms with van der Waals surface area (Å²) in [6.07, 6.45) is 2.36. The van der Waals surface area contributed by atoms with Crippen LogP contribution in [0.1, 0.15) is 28.9 Å². The summed E-state index contributed by atoms with van der Waals surface area (Å²) in [5.74, 6) is 1.11. The Kier molecular flexibility index (Phi) is 2.63. The Morgan fingerprint density at radius 3 is 2.80 bits per heavy atom. The van der Waals surface area contributed by atoms with Gasteiger partial charge in [0.25, 0.3) is 0 Å². The van der Waals surface area contributed by atoms with Gasteiger partial charge in [-0.05, 0) is 24.3 Å². The Hall–Kier alpha value is -1.90. The SMILES string of the molecule is CC(=O)c1ccc(Cc2ccccn2)o1. The van der Waals surface area contributed by atoms with Crippen LogP contribution in [0.3, 0.4) is 0 Å². The van der Waals surface area contributed by atoms with E-state index in [1.54, 1.807) is 12.3 Å². The zero-order valence-electron chi connectivity index (χ0n) is 8.43. The minimum atomic E-state index is -0.0535. The molecule has 0 aliphatic heterocycles. The average molecular weight is 201 g/mol. The van der Waals surface area contributed by atoms with Crippen LogP contribution in [0.4, 0.5) is 0 Å². The summed E-state index contributed by atoms with van der Waals surface area (Å²) in [5.41, 5.74) is 0.932. The predicted octanol–water partition coefficient (Wildman–Crippen LogP) is 2.47. The molecule has 0 aliphatic carbocycles. The van der Waals surface area contributed by atoms with Gasteiger partial charge in [-0.15, -0.1) is 0 Å². The molecule has 2 rings (SSSR count). The maximum atomic E-state index is 11.0. The van der Waals surface area contributed by atoms with E-state index in [1.807, 2.05) is 24.3 Å². The molecule has 0 N–H and O–H groups in total. The number of hydrogen-bond donors (Lipinski definition) is 0. The molecule has 15 heavy (non-hydrogen) atoms. The highest BCUT2D eigenvalue weighted by molar-refractivity contribution is 5.91. The third kappa shape index (κ3) is 2.31. The number of ketones is 1. The number of carbonyl (C=O) groups excluding carboxylic acids is 1. The van der Waals surface area contributed by atoms with Crippen molar-refractivity contribution in [2.45, 2.75) is 13.3 Å². The largest absolute Gasteiger partial charge is 0.458 e. The Morgan fingerprint density at radius 2 is 2.20 bits per heavy atom. The molecule has 76 valence electrons. The fraction of sp³-hybridized carbons (Fsp3) is 0.167. The lowest BCUT2D eigenvalue weighted by atomic mass is 10.2. The Bertz CT molecular complexity index is 459. The molecule has 2 aromatic rings. The maximum Gasteiger partial charge on any atom is 0.194 e. The van der Waals surface area contributed by atoms with Crippen molar-refractivity contribution in [3.63, 3.8) is 0 Å². The lowest BCUT2D eigenvalue weighted by molar-refractivity contribution is 0.0985. The summed E-state index contributed by atoms with van der Waals surface area (Å²) in [6.45, 7) is 1.49. The molecule has 0 radical (unpaired) electrons. The van der Waals surface area contributed by atoms with Gasteiger partial charge < -0.3 is 4.42 Å². The van der Waals surface area contributed by atoms with Crippen LogP contribution in [0, 0.1) is 0 Å². The first-order chi connectivity index (χ1) is 7.25. The van der Waals surface area contributed by atoms with E-state index < -0.39 is 0 Å². The first-order valence-corrected chi connectivity index (χ1v) is 4.75. The van der Waals surface area contributed by atoms with Crippen LogP contribution < -0.4 is 0 Å². The smallest absolute Gasteiger partial charge is 0.194 e. The Morgan fingerprint density at radius 1 is 1.33 bits per heavy atom. The topological polar surface area (TPSA) is 43.1 Å². The first-order valence-electron chi connectivity index (χ1n) is 4.75. The van der Waals surface area contributed by atoms with Gasteiger partial charge in [-0.1, -0.05) is 6.07 Å². The summed E-state index contributed by atoms with van der Waals surface area (Å²) < 4.78 is 5.36. The minimum Gasteiger partial charge on any atom is -0.458 e. The molecule has 0 bridgehead atoms. The lowest BCUT2D eigenvalue weighted by Gasteiger charge is -1.95. The van der Waals surface area contributed by atoms with Crippen LogP contribution in [0.5, 0.6) is 0 Å². The Labute approximate surface area is 87.8 Å². The molecule has 2 heterocycles. The van der Waals surface area contributed by atoms with Crippen molar-refractivity contribution in [2.24, 2.45) is 0 Å². The highest BCUT2D eigenvalue weighted by Crippen LogP contribution is 2.12. The molecule has 0 atom stereocenters. The van der Waals surface area contributed by atoms with Gasteiger partial charge in [0.05, 0.1) is 0 Å². The molecule has 3 heteroatoms. The van der Waals surface area contributed by atoms with Gasteiger partial charge in [-0.2, -0.15) is 0 Å². The van der Waals surface area contributed by atoms with Crippen LogP contribution in [0.25, 0.3) is 0 Å². The number of pyridine rings is 1. The number of furan rings is 1. The van der Waals surface area contributed by atoms with Crippen LogP contribution in [0.2, 0.25) is 0 Å². The van der Waals surface area contributed by atoms with E-state index in [1.165, 1.54) is 6.92 Å². The predicted molar refractivity (Wildman–Crippen MR) is 55.8 cm³/mol. The second kappa shape index (κ2) is 4.09. The minimum absolute atomic E-state index is 0.0535. The van der Waals surface area contributed by atoms with Crippen molar-refractivity contribution >= 4 is 5.78 Å². The van der Waals surface area contributed by atoms with Gasteiger partial charge in [-0.25, -0.2) is 0 Å². The van der Waals surface area contributed by atoms with E-state index >= 15 is 0 Å². The summed E-state index contributed by atoms with van der Waals surface area (Å²) in [7, 11) is 0. The molecule has 0 aliphatic rings. The lowest BCUT2D eigenvalue weighted by Crippen LogP contribution is -1.90. The summed E-state index contributed by atoms with van der Waals surface area (Å²) in [5, 5.41) is 0. The van der Waals surface area contributed by atoms with Gasteiger partial charge in [0.2, 0.25) is 0 Å². The molecule has 0 saturated heterocycles. The fourth-order valence-electron chi connectivity index (χ4n) is 1.34.